The third-order valence-electron chi connectivity index (χ3n) is 2.77. The highest BCUT2D eigenvalue weighted by atomic mass is 19.1. The van der Waals surface area contributed by atoms with E-state index < -0.39 is 24.7 Å². The minimum absolute atomic E-state index is 0.115. The maximum absolute atomic E-state index is 12.8. The Hall–Kier alpha value is -2.12. The molecule has 92 valence electrons. The molecular weight excluding hydrogens is 229 g/mol. The standard InChI is InChI=1S/C9H12FN5O2/c10-1-5-3-14(9(12)17)4-7-6(8(11)16)2-13-15(5)7/h2,5H,1,3-4H2,(H2,11,16)(H2,12,17). The number of urea groups is 1. The number of nitrogens with zero attached hydrogens (tertiary/aromatic N) is 3. The minimum Gasteiger partial charge on any atom is -0.365 e. The zero-order valence-corrected chi connectivity index (χ0v) is 8.97. The van der Waals surface area contributed by atoms with Crippen LogP contribution >= 0.6 is 0 Å². The predicted molar refractivity (Wildman–Crippen MR) is 55.8 cm³/mol. The van der Waals surface area contributed by atoms with Crippen molar-refractivity contribution < 1.29 is 14.0 Å². The zero-order valence-electron chi connectivity index (χ0n) is 8.97. The van der Waals surface area contributed by atoms with Crippen LogP contribution < -0.4 is 11.5 Å². The van der Waals surface area contributed by atoms with Crippen LogP contribution in [0.5, 0.6) is 0 Å². The quantitative estimate of drug-likeness (QED) is 0.720. The number of primary amides is 2. The Morgan fingerprint density at radius 2 is 2.24 bits per heavy atom. The Labute approximate surface area is 96.2 Å². The third kappa shape index (κ3) is 1.81. The van der Waals surface area contributed by atoms with Crippen LogP contribution in [0.25, 0.3) is 0 Å². The van der Waals surface area contributed by atoms with E-state index in [2.05, 4.69) is 5.10 Å². The minimum atomic E-state index is -0.698. The first-order valence-electron chi connectivity index (χ1n) is 5.01. The summed E-state index contributed by atoms with van der Waals surface area (Å²) in [7, 11) is 0. The van der Waals surface area contributed by atoms with Crippen LogP contribution in [0.15, 0.2) is 6.20 Å². The SMILES string of the molecule is NC(=O)c1cnn2c1CN(C(N)=O)CC2CF. The van der Waals surface area contributed by atoms with E-state index in [-0.39, 0.29) is 18.7 Å². The number of fused-ring (bicyclic) bond motifs is 1. The molecular formula is C9H12FN5O2. The maximum atomic E-state index is 12.8. The van der Waals surface area contributed by atoms with Crippen molar-refractivity contribution in [2.45, 2.75) is 12.6 Å². The molecule has 2 heterocycles. The van der Waals surface area contributed by atoms with Crippen LogP contribution in [0.1, 0.15) is 22.1 Å². The van der Waals surface area contributed by atoms with Crippen LogP contribution in [-0.2, 0) is 6.54 Å². The summed E-state index contributed by atoms with van der Waals surface area (Å²) in [5.74, 6) is -0.657. The number of halogens is 1. The normalized spacial score (nSPS) is 18.9. The van der Waals surface area contributed by atoms with E-state index in [1.807, 2.05) is 0 Å². The van der Waals surface area contributed by atoms with Crippen molar-refractivity contribution in [3.05, 3.63) is 17.5 Å². The van der Waals surface area contributed by atoms with E-state index in [0.717, 1.165) is 0 Å². The molecule has 0 radical (unpaired) electrons. The molecule has 1 aliphatic rings. The number of rotatable bonds is 2. The van der Waals surface area contributed by atoms with Crippen LogP contribution in [0.2, 0.25) is 0 Å². The molecule has 1 atom stereocenters. The molecule has 1 aliphatic heterocycles. The van der Waals surface area contributed by atoms with Gasteiger partial charge in [-0.1, -0.05) is 0 Å². The monoisotopic (exact) mass is 241 g/mol. The molecule has 0 saturated heterocycles. The molecule has 0 aliphatic carbocycles. The molecule has 0 fully saturated rings. The largest absolute Gasteiger partial charge is 0.365 e. The van der Waals surface area contributed by atoms with E-state index >= 15 is 0 Å². The second-order valence-corrected chi connectivity index (χ2v) is 3.84. The zero-order chi connectivity index (χ0) is 12.6. The maximum Gasteiger partial charge on any atom is 0.315 e. The first kappa shape index (κ1) is 11.4. The molecule has 1 aromatic heterocycles. The van der Waals surface area contributed by atoms with Gasteiger partial charge in [0.1, 0.15) is 6.67 Å². The molecule has 17 heavy (non-hydrogen) atoms. The van der Waals surface area contributed by atoms with Crippen molar-refractivity contribution in [3.8, 4) is 0 Å². The summed E-state index contributed by atoms with van der Waals surface area (Å²) >= 11 is 0. The number of carbonyl (C=O) groups is 2. The van der Waals surface area contributed by atoms with Gasteiger partial charge in [-0.25, -0.2) is 9.18 Å². The van der Waals surface area contributed by atoms with Gasteiger partial charge in [-0.05, 0) is 0 Å². The van der Waals surface area contributed by atoms with Gasteiger partial charge in [-0.2, -0.15) is 5.10 Å². The number of hydrogen-bond donors (Lipinski definition) is 2. The Bertz CT molecular complexity index is 472. The number of alkyl halides is 1. The number of aromatic nitrogens is 2. The molecule has 0 spiro atoms. The van der Waals surface area contributed by atoms with Crippen molar-refractivity contribution in [2.75, 3.05) is 13.2 Å². The van der Waals surface area contributed by atoms with Gasteiger partial charge in [0.2, 0.25) is 0 Å². The molecule has 0 bridgehead atoms. The summed E-state index contributed by atoms with van der Waals surface area (Å²) in [5.41, 5.74) is 10.9. The van der Waals surface area contributed by atoms with Gasteiger partial charge in [0.15, 0.2) is 0 Å². The van der Waals surface area contributed by atoms with E-state index in [9.17, 15) is 14.0 Å². The average molecular weight is 241 g/mol. The summed E-state index contributed by atoms with van der Waals surface area (Å²) in [6, 6.07) is -1.29. The molecule has 3 amide bonds. The molecule has 0 aromatic carbocycles. The van der Waals surface area contributed by atoms with Gasteiger partial charge in [-0.15, -0.1) is 0 Å². The third-order valence-corrected chi connectivity index (χ3v) is 2.77. The number of amides is 3. The highest BCUT2D eigenvalue weighted by Gasteiger charge is 2.30. The lowest BCUT2D eigenvalue weighted by molar-refractivity contribution is 0.0995. The molecule has 1 unspecified atom stereocenters. The summed E-state index contributed by atoms with van der Waals surface area (Å²) in [6.45, 7) is -0.445. The Balaban J connectivity index is 2.43. The first-order chi connectivity index (χ1) is 8.04. The second-order valence-electron chi connectivity index (χ2n) is 3.84. The van der Waals surface area contributed by atoms with Crippen molar-refractivity contribution in [2.24, 2.45) is 11.5 Å². The fraction of sp³-hybridized carbons (Fsp3) is 0.444. The Morgan fingerprint density at radius 3 is 2.76 bits per heavy atom. The van der Waals surface area contributed by atoms with Crippen LogP contribution in [0.3, 0.4) is 0 Å². The molecule has 7 nitrogen and oxygen atoms in total. The van der Waals surface area contributed by atoms with Crippen molar-refractivity contribution in [3.63, 3.8) is 0 Å². The van der Waals surface area contributed by atoms with Crippen LogP contribution in [0, 0.1) is 0 Å². The van der Waals surface area contributed by atoms with Crippen molar-refractivity contribution >= 4 is 11.9 Å². The fourth-order valence-corrected chi connectivity index (χ4v) is 1.92. The van der Waals surface area contributed by atoms with Crippen molar-refractivity contribution in [1.29, 1.82) is 0 Å². The molecule has 0 saturated carbocycles. The van der Waals surface area contributed by atoms with Crippen LogP contribution in [0.4, 0.5) is 9.18 Å². The highest BCUT2D eigenvalue weighted by molar-refractivity contribution is 5.93. The van der Waals surface area contributed by atoms with Crippen molar-refractivity contribution in [1.82, 2.24) is 14.7 Å². The van der Waals surface area contributed by atoms with Gasteiger partial charge in [0, 0.05) is 6.54 Å². The number of hydrogen-bond acceptors (Lipinski definition) is 3. The van der Waals surface area contributed by atoms with E-state index in [1.54, 1.807) is 0 Å². The van der Waals surface area contributed by atoms with Gasteiger partial charge in [-0.3, -0.25) is 9.48 Å². The number of carbonyl (C=O) groups excluding carboxylic acids is 2. The van der Waals surface area contributed by atoms with Gasteiger partial charge < -0.3 is 16.4 Å². The number of nitrogens with two attached hydrogens (primary N) is 2. The molecule has 4 N–H and O–H groups in total. The Morgan fingerprint density at radius 1 is 1.53 bits per heavy atom. The van der Waals surface area contributed by atoms with Gasteiger partial charge in [0.25, 0.3) is 5.91 Å². The summed E-state index contributed by atoms with van der Waals surface area (Å²) in [4.78, 5) is 23.5. The second kappa shape index (κ2) is 4.04. The van der Waals surface area contributed by atoms with Crippen LogP contribution in [-0.4, -0.2) is 39.8 Å². The summed E-state index contributed by atoms with van der Waals surface area (Å²) < 4.78 is 14.2. The predicted octanol–water partition coefficient (Wildman–Crippen LogP) is -0.613. The lowest BCUT2D eigenvalue weighted by atomic mass is 10.1. The van der Waals surface area contributed by atoms with E-state index in [0.29, 0.717) is 5.69 Å². The first-order valence-corrected chi connectivity index (χ1v) is 5.01. The summed E-state index contributed by atoms with van der Waals surface area (Å²) in [5, 5.41) is 3.92. The highest BCUT2D eigenvalue weighted by Crippen LogP contribution is 2.23. The lowest BCUT2D eigenvalue weighted by Crippen LogP contribution is -2.45. The van der Waals surface area contributed by atoms with Gasteiger partial charge >= 0.3 is 6.03 Å². The molecule has 8 heteroatoms. The molecule has 1 aromatic rings. The Kier molecular flexibility index (Phi) is 2.70. The lowest BCUT2D eigenvalue weighted by Gasteiger charge is -2.31. The topological polar surface area (TPSA) is 107 Å². The smallest absolute Gasteiger partial charge is 0.315 e. The molecule has 2 rings (SSSR count). The van der Waals surface area contributed by atoms with E-state index in [4.69, 9.17) is 11.5 Å². The average Bonchev–Trinajstić information content (AvgIpc) is 2.70. The van der Waals surface area contributed by atoms with E-state index in [1.165, 1.54) is 15.8 Å². The fourth-order valence-electron chi connectivity index (χ4n) is 1.92. The van der Waals surface area contributed by atoms with Gasteiger partial charge in [0.05, 0.1) is 30.0 Å². The summed E-state index contributed by atoms with van der Waals surface area (Å²) in [6.07, 6.45) is 1.28.